The summed E-state index contributed by atoms with van der Waals surface area (Å²) in [6, 6.07) is 9.80. The number of benzene rings is 1. The van der Waals surface area contributed by atoms with Gasteiger partial charge in [0.25, 0.3) is 0 Å². The Kier molecular flexibility index (Phi) is 3.00. The number of hydrogen-bond acceptors (Lipinski definition) is 4. The Labute approximate surface area is 94.3 Å². The van der Waals surface area contributed by atoms with Crippen LogP contribution in [0.4, 0.5) is 5.69 Å². The second-order valence-electron chi connectivity index (χ2n) is 3.23. The molecule has 1 N–H and O–H groups in total. The molecule has 0 atom stereocenters. The largest absolute Gasteiger partial charge is 0.479 e. The first-order valence-electron chi connectivity index (χ1n) is 4.99. The predicted octanol–water partition coefficient (Wildman–Crippen LogP) is 2.19. The van der Waals surface area contributed by atoms with Crippen LogP contribution in [-0.2, 0) is 0 Å². The van der Waals surface area contributed by atoms with Gasteiger partial charge in [-0.2, -0.15) is 4.98 Å². The number of anilines is 1. The molecule has 0 unspecified atom stereocenters. The third kappa shape index (κ3) is 1.95. The van der Waals surface area contributed by atoms with E-state index in [0.29, 0.717) is 11.7 Å². The first-order chi connectivity index (χ1) is 7.85. The molecule has 0 bridgehead atoms. The standard InChI is InChI=1S/C12H13N3O/c1-13-10-8-14-11(15-12(10)16-2)9-6-4-3-5-7-9/h3-8,13H,1-2H3. The van der Waals surface area contributed by atoms with E-state index in [0.717, 1.165) is 11.3 Å². The zero-order chi connectivity index (χ0) is 11.4. The fourth-order valence-corrected chi connectivity index (χ4v) is 1.42. The molecule has 0 aliphatic carbocycles. The maximum Gasteiger partial charge on any atom is 0.240 e. The SMILES string of the molecule is CNc1cnc(-c2ccccc2)nc1OC. The number of nitrogens with zero attached hydrogens (tertiary/aromatic N) is 2. The molecule has 82 valence electrons. The van der Waals surface area contributed by atoms with Gasteiger partial charge < -0.3 is 10.1 Å². The van der Waals surface area contributed by atoms with Gasteiger partial charge >= 0.3 is 0 Å². The van der Waals surface area contributed by atoms with Crippen molar-refractivity contribution in [1.82, 2.24) is 9.97 Å². The Balaban J connectivity index is 2.44. The molecule has 4 nitrogen and oxygen atoms in total. The van der Waals surface area contributed by atoms with E-state index in [2.05, 4.69) is 15.3 Å². The summed E-state index contributed by atoms with van der Waals surface area (Å²) >= 11 is 0. The summed E-state index contributed by atoms with van der Waals surface area (Å²) in [7, 11) is 3.40. The number of hydrogen-bond donors (Lipinski definition) is 1. The lowest BCUT2D eigenvalue weighted by atomic mass is 10.2. The Morgan fingerprint density at radius 3 is 2.56 bits per heavy atom. The summed E-state index contributed by atoms with van der Waals surface area (Å²) in [5.41, 5.74) is 1.76. The van der Waals surface area contributed by atoms with E-state index in [9.17, 15) is 0 Å². The minimum absolute atomic E-state index is 0.552. The monoisotopic (exact) mass is 215 g/mol. The Morgan fingerprint density at radius 2 is 1.94 bits per heavy atom. The Hall–Kier alpha value is -2.10. The van der Waals surface area contributed by atoms with E-state index in [1.54, 1.807) is 13.3 Å². The van der Waals surface area contributed by atoms with Gasteiger partial charge in [-0.1, -0.05) is 30.3 Å². The third-order valence-corrected chi connectivity index (χ3v) is 2.25. The van der Waals surface area contributed by atoms with Crippen LogP contribution in [0, 0.1) is 0 Å². The van der Waals surface area contributed by atoms with E-state index in [1.165, 1.54) is 0 Å². The van der Waals surface area contributed by atoms with Crippen molar-refractivity contribution in [2.24, 2.45) is 0 Å². The van der Waals surface area contributed by atoms with Crippen molar-refractivity contribution >= 4 is 5.69 Å². The number of nitrogens with one attached hydrogen (secondary N) is 1. The van der Waals surface area contributed by atoms with Crippen molar-refractivity contribution in [1.29, 1.82) is 0 Å². The minimum Gasteiger partial charge on any atom is -0.479 e. The van der Waals surface area contributed by atoms with Crippen LogP contribution >= 0.6 is 0 Å². The van der Waals surface area contributed by atoms with Gasteiger partial charge in [-0.05, 0) is 0 Å². The van der Waals surface area contributed by atoms with Crippen LogP contribution in [0.2, 0.25) is 0 Å². The van der Waals surface area contributed by atoms with Gasteiger partial charge in [0.15, 0.2) is 5.82 Å². The summed E-state index contributed by atoms with van der Waals surface area (Å²) in [5.74, 6) is 1.22. The highest BCUT2D eigenvalue weighted by molar-refractivity contribution is 5.59. The highest BCUT2D eigenvalue weighted by atomic mass is 16.5. The molecule has 0 radical (unpaired) electrons. The summed E-state index contributed by atoms with van der Waals surface area (Å²) < 4.78 is 5.18. The quantitative estimate of drug-likeness (QED) is 0.852. The van der Waals surface area contributed by atoms with Crippen molar-refractivity contribution in [3.05, 3.63) is 36.5 Å². The minimum atomic E-state index is 0.552. The number of rotatable bonds is 3. The fraction of sp³-hybridized carbons (Fsp3) is 0.167. The maximum atomic E-state index is 5.18. The topological polar surface area (TPSA) is 47.0 Å². The van der Waals surface area contributed by atoms with Gasteiger partial charge in [0.05, 0.1) is 13.3 Å². The molecule has 0 fully saturated rings. The summed E-state index contributed by atoms with van der Waals surface area (Å²) in [6.45, 7) is 0. The molecule has 0 saturated heterocycles. The lowest BCUT2D eigenvalue weighted by molar-refractivity contribution is 0.399. The summed E-state index contributed by atoms with van der Waals surface area (Å²) in [4.78, 5) is 8.61. The first kappa shape index (κ1) is 10.4. The number of aromatic nitrogens is 2. The Morgan fingerprint density at radius 1 is 1.19 bits per heavy atom. The number of ether oxygens (including phenoxy) is 1. The van der Waals surface area contributed by atoms with Crippen molar-refractivity contribution in [3.63, 3.8) is 0 Å². The number of methoxy groups -OCH3 is 1. The second kappa shape index (κ2) is 4.61. The van der Waals surface area contributed by atoms with Crippen molar-refractivity contribution in [2.45, 2.75) is 0 Å². The van der Waals surface area contributed by atoms with Crippen LogP contribution in [0.25, 0.3) is 11.4 Å². The molecule has 0 amide bonds. The fourth-order valence-electron chi connectivity index (χ4n) is 1.42. The van der Waals surface area contributed by atoms with Crippen molar-refractivity contribution in [2.75, 3.05) is 19.5 Å². The normalized spacial score (nSPS) is 9.88. The molecule has 0 spiro atoms. The zero-order valence-electron chi connectivity index (χ0n) is 9.27. The van der Waals surface area contributed by atoms with Crippen LogP contribution in [0.3, 0.4) is 0 Å². The van der Waals surface area contributed by atoms with Crippen LogP contribution in [0.5, 0.6) is 5.88 Å². The van der Waals surface area contributed by atoms with Crippen molar-refractivity contribution < 1.29 is 4.74 Å². The van der Waals surface area contributed by atoms with E-state index in [4.69, 9.17) is 4.74 Å². The van der Waals surface area contributed by atoms with Crippen molar-refractivity contribution in [3.8, 4) is 17.3 Å². The zero-order valence-corrected chi connectivity index (χ0v) is 9.27. The summed E-state index contributed by atoms with van der Waals surface area (Å²) in [5, 5.41) is 2.98. The predicted molar refractivity (Wildman–Crippen MR) is 63.6 cm³/mol. The van der Waals surface area contributed by atoms with Crippen LogP contribution in [0.15, 0.2) is 36.5 Å². The molecule has 0 aliphatic rings. The average molecular weight is 215 g/mol. The molecule has 1 aromatic carbocycles. The molecule has 16 heavy (non-hydrogen) atoms. The molecule has 0 saturated carbocycles. The molecule has 0 aliphatic heterocycles. The lowest BCUT2D eigenvalue weighted by Crippen LogP contribution is -1.99. The van der Waals surface area contributed by atoms with Gasteiger partial charge in [0.2, 0.25) is 5.88 Å². The molecular weight excluding hydrogens is 202 g/mol. The van der Waals surface area contributed by atoms with Gasteiger partial charge in [0, 0.05) is 12.6 Å². The smallest absolute Gasteiger partial charge is 0.240 e. The van der Waals surface area contributed by atoms with E-state index in [-0.39, 0.29) is 0 Å². The first-order valence-corrected chi connectivity index (χ1v) is 4.99. The maximum absolute atomic E-state index is 5.18. The molecular formula is C12H13N3O. The molecule has 4 heteroatoms. The lowest BCUT2D eigenvalue weighted by Gasteiger charge is -2.07. The van der Waals surface area contributed by atoms with Gasteiger partial charge in [-0.25, -0.2) is 4.98 Å². The highest BCUT2D eigenvalue weighted by Crippen LogP contribution is 2.23. The van der Waals surface area contributed by atoms with Gasteiger partial charge in [0.1, 0.15) is 5.69 Å². The van der Waals surface area contributed by atoms with E-state index < -0.39 is 0 Å². The van der Waals surface area contributed by atoms with Crippen LogP contribution in [-0.4, -0.2) is 24.1 Å². The van der Waals surface area contributed by atoms with Gasteiger partial charge in [-0.15, -0.1) is 0 Å². The molecule has 2 rings (SSSR count). The van der Waals surface area contributed by atoms with Crippen LogP contribution in [0.1, 0.15) is 0 Å². The third-order valence-electron chi connectivity index (χ3n) is 2.25. The van der Waals surface area contributed by atoms with Crippen LogP contribution < -0.4 is 10.1 Å². The van der Waals surface area contributed by atoms with Gasteiger partial charge in [-0.3, -0.25) is 0 Å². The molecule has 2 aromatic rings. The Bertz CT molecular complexity index is 471. The van der Waals surface area contributed by atoms with E-state index in [1.807, 2.05) is 37.4 Å². The van der Waals surface area contributed by atoms with E-state index >= 15 is 0 Å². The molecule has 1 aromatic heterocycles. The second-order valence-corrected chi connectivity index (χ2v) is 3.23. The average Bonchev–Trinajstić information content (AvgIpc) is 2.39. The summed E-state index contributed by atoms with van der Waals surface area (Å²) in [6.07, 6.45) is 1.72. The highest BCUT2D eigenvalue weighted by Gasteiger charge is 2.07. The molecule has 1 heterocycles.